The summed E-state index contributed by atoms with van der Waals surface area (Å²) in [7, 11) is 0. The molecule has 27 heavy (non-hydrogen) atoms. The van der Waals surface area contributed by atoms with Gasteiger partial charge in [0.25, 0.3) is 5.91 Å². The molecule has 5 heteroatoms. The maximum atomic E-state index is 12.4. The van der Waals surface area contributed by atoms with Gasteiger partial charge in [-0.1, -0.05) is 17.7 Å². The fourth-order valence-corrected chi connectivity index (χ4v) is 3.98. The number of nitrogens with one attached hydrogen (secondary N) is 1. The van der Waals surface area contributed by atoms with Gasteiger partial charge in [0.15, 0.2) is 0 Å². The lowest BCUT2D eigenvalue weighted by molar-refractivity contribution is -0.116. The molecule has 1 aromatic heterocycles. The Hall–Kier alpha value is -2.45. The van der Waals surface area contributed by atoms with Crippen molar-refractivity contribution >= 4 is 23.7 Å². The monoisotopic (exact) mass is 379 g/mol. The van der Waals surface area contributed by atoms with Crippen molar-refractivity contribution in [2.75, 3.05) is 12.3 Å². The molecular weight excluding hydrogens is 354 g/mol. The number of carbonyl (C=O) groups excluding carboxylic acids is 1. The first-order valence-corrected chi connectivity index (χ1v) is 10.3. The van der Waals surface area contributed by atoms with E-state index in [1.807, 2.05) is 6.07 Å². The minimum atomic E-state index is -0.307. The molecule has 1 aromatic carbocycles. The standard InChI is InChI=1S/C22H25N3OS/c1-15-4-8-21(9-5-15)27-11-10-24-22(26)19(14-23)13-18-12-16(2)25(17(18)3)20-6-7-20/h4-5,8-9,12-13,20H,6-7,10-11H2,1-3H3,(H,24,26)/b19-13+. The Labute approximate surface area is 165 Å². The molecule has 0 aliphatic heterocycles. The lowest BCUT2D eigenvalue weighted by Gasteiger charge is -2.07. The van der Waals surface area contributed by atoms with Crippen molar-refractivity contribution in [1.82, 2.24) is 9.88 Å². The molecule has 0 bridgehead atoms. The van der Waals surface area contributed by atoms with Crippen molar-refractivity contribution in [3.8, 4) is 6.07 Å². The van der Waals surface area contributed by atoms with Crippen LogP contribution in [0.2, 0.25) is 0 Å². The summed E-state index contributed by atoms with van der Waals surface area (Å²) in [5.41, 5.74) is 4.67. The second-order valence-corrected chi connectivity index (χ2v) is 8.18. The first-order valence-electron chi connectivity index (χ1n) is 9.27. The Morgan fingerprint density at radius 3 is 2.63 bits per heavy atom. The van der Waals surface area contributed by atoms with Gasteiger partial charge in [-0.15, -0.1) is 11.8 Å². The Bertz CT molecular complexity index is 899. The van der Waals surface area contributed by atoms with Crippen molar-refractivity contribution in [2.45, 2.75) is 44.6 Å². The SMILES string of the molecule is Cc1ccc(SCCNC(=O)/C(C#N)=C/c2cc(C)n(C3CC3)c2C)cc1. The van der Waals surface area contributed by atoms with Gasteiger partial charge in [-0.05, 0) is 63.5 Å². The highest BCUT2D eigenvalue weighted by molar-refractivity contribution is 7.99. The first-order chi connectivity index (χ1) is 13.0. The number of rotatable bonds is 7. The number of aromatic nitrogens is 1. The molecule has 1 amide bonds. The van der Waals surface area contributed by atoms with E-state index in [2.05, 4.69) is 61.0 Å². The molecule has 2 aromatic rings. The average Bonchev–Trinajstić information content (AvgIpc) is 3.44. The van der Waals surface area contributed by atoms with E-state index < -0.39 is 0 Å². The summed E-state index contributed by atoms with van der Waals surface area (Å²) in [6.07, 6.45) is 4.14. The lowest BCUT2D eigenvalue weighted by atomic mass is 10.1. The predicted molar refractivity (Wildman–Crippen MR) is 111 cm³/mol. The Balaban J connectivity index is 1.57. The summed E-state index contributed by atoms with van der Waals surface area (Å²) >= 11 is 1.69. The number of nitriles is 1. The lowest BCUT2D eigenvalue weighted by Crippen LogP contribution is -2.26. The molecule has 1 saturated carbocycles. The number of hydrogen-bond acceptors (Lipinski definition) is 3. The van der Waals surface area contributed by atoms with Gasteiger partial charge in [0.2, 0.25) is 0 Å². The van der Waals surface area contributed by atoms with Crippen LogP contribution in [0.25, 0.3) is 6.08 Å². The minimum absolute atomic E-state index is 0.159. The normalized spacial score (nSPS) is 14.1. The Morgan fingerprint density at radius 2 is 2.00 bits per heavy atom. The third-order valence-corrected chi connectivity index (χ3v) is 5.79. The van der Waals surface area contributed by atoms with Gasteiger partial charge in [-0.25, -0.2) is 0 Å². The summed E-state index contributed by atoms with van der Waals surface area (Å²) in [5, 5.41) is 12.3. The van der Waals surface area contributed by atoms with E-state index in [9.17, 15) is 10.1 Å². The number of benzene rings is 1. The number of carbonyl (C=O) groups is 1. The van der Waals surface area contributed by atoms with E-state index >= 15 is 0 Å². The Kier molecular flexibility index (Phi) is 6.08. The predicted octanol–water partition coefficient (Wildman–Crippen LogP) is 4.56. The molecule has 0 unspecified atom stereocenters. The fourth-order valence-electron chi connectivity index (χ4n) is 3.21. The molecule has 1 aliphatic rings. The van der Waals surface area contributed by atoms with Crippen LogP contribution in [0.4, 0.5) is 0 Å². The second kappa shape index (κ2) is 8.49. The summed E-state index contributed by atoms with van der Waals surface area (Å²) in [5.74, 6) is 0.460. The third-order valence-electron chi connectivity index (χ3n) is 4.78. The van der Waals surface area contributed by atoms with Crippen molar-refractivity contribution in [2.24, 2.45) is 0 Å². The minimum Gasteiger partial charge on any atom is -0.351 e. The zero-order valence-electron chi connectivity index (χ0n) is 16.1. The van der Waals surface area contributed by atoms with Crippen molar-refractivity contribution in [3.05, 3.63) is 58.4 Å². The molecule has 1 heterocycles. The number of hydrogen-bond donors (Lipinski definition) is 1. The van der Waals surface area contributed by atoms with Crippen LogP contribution < -0.4 is 5.32 Å². The number of amides is 1. The third kappa shape index (κ3) is 4.84. The van der Waals surface area contributed by atoms with Gasteiger partial charge in [0.1, 0.15) is 11.6 Å². The average molecular weight is 380 g/mol. The highest BCUT2D eigenvalue weighted by atomic mass is 32.2. The van der Waals surface area contributed by atoms with Crippen LogP contribution in [0.15, 0.2) is 40.8 Å². The first kappa shape index (κ1) is 19.3. The molecule has 3 rings (SSSR count). The zero-order chi connectivity index (χ0) is 19.4. The largest absolute Gasteiger partial charge is 0.351 e. The van der Waals surface area contributed by atoms with Gasteiger partial charge in [0.05, 0.1) is 0 Å². The van der Waals surface area contributed by atoms with Crippen LogP contribution >= 0.6 is 11.8 Å². The molecule has 1 N–H and O–H groups in total. The van der Waals surface area contributed by atoms with E-state index in [0.717, 1.165) is 17.0 Å². The fraction of sp³-hybridized carbons (Fsp3) is 0.364. The van der Waals surface area contributed by atoms with E-state index in [0.29, 0.717) is 12.6 Å². The topological polar surface area (TPSA) is 57.8 Å². The van der Waals surface area contributed by atoms with Crippen molar-refractivity contribution in [3.63, 3.8) is 0 Å². The molecule has 1 aliphatic carbocycles. The molecule has 140 valence electrons. The van der Waals surface area contributed by atoms with Crippen LogP contribution in [0.3, 0.4) is 0 Å². The van der Waals surface area contributed by atoms with E-state index in [1.54, 1.807) is 17.8 Å². The van der Waals surface area contributed by atoms with E-state index in [4.69, 9.17) is 0 Å². The van der Waals surface area contributed by atoms with E-state index in [1.165, 1.54) is 29.0 Å². The van der Waals surface area contributed by atoms with Crippen molar-refractivity contribution in [1.29, 1.82) is 5.26 Å². The number of nitrogens with zero attached hydrogens (tertiary/aromatic N) is 2. The van der Waals surface area contributed by atoms with E-state index in [-0.39, 0.29) is 11.5 Å². The molecule has 0 radical (unpaired) electrons. The summed E-state index contributed by atoms with van der Waals surface area (Å²) in [6.45, 7) is 6.73. The molecular formula is C22H25N3OS. The van der Waals surface area contributed by atoms with Gasteiger partial charge in [-0.3, -0.25) is 4.79 Å². The van der Waals surface area contributed by atoms with Crippen molar-refractivity contribution < 1.29 is 4.79 Å². The molecule has 0 atom stereocenters. The second-order valence-electron chi connectivity index (χ2n) is 7.01. The molecule has 0 spiro atoms. The summed E-state index contributed by atoms with van der Waals surface area (Å²) < 4.78 is 2.32. The van der Waals surface area contributed by atoms with Crippen LogP contribution in [0.5, 0.6) is 0 Å². The maximum Gasteiger partial charge on any atom is 0.261 e. The van der Waals surface area contributed by atoms with Gasteiger partial charge in [0, 0.05) is 34.6 Å². The molecule has 4 nitrogen and oxygen atoms in total. The summed E-state index contributed by atoms with van der Waals surface area (Å²) in [4.78, 5) is 13.5. The smallest absolute Gasteiger partial charge is 0.261 e. The van der Waals surface area contributed by atoms with Crippen LogP contribution in [0.1, 0.15) is 41.4 Å². The molecule has 0 saturated heterocycles. The number of thioether (sulfide) groups is 1. The Morgan fingerprint density at radius 1 is 1.30 bits per heavy atom. The number of aryl methyl sites for hydroxylation is 2. The maximum absolute atomic E-state index is 12.4. The quantitative estimate of drug-likeness (QED) is 0.332. The van der Waals surface area contributed by atoms with Crippen LogP contribution in [-0.2, 0) is 4.79 Å². The van der Waals surface area contributed by atoms with Gasteiger partial charge < -0.3 is 9.88 Å². The van der Waals surface area contributed by atoms with Crippen LogP contribution in [0, 0.1) is 32.1 Å². The molecule has 1 fully saturated rings. The highest BCUT2D eigenvalue weighted by Crippen LogP contribution is 2.38. The van der Waals surface area contributed by atoms with Crippen LogP contribution in [-0.4, -0.2) is 22.8 Å². The van der Waals surface area contributed by atoms with Gasteiger partial charge in [-0.2, -0.15) is 5.26 Å². The van der Waals surface area contributed by atoms with Gasteiger partial charge >= 0.3 is 0 Å². The zero-order valence-corrected chi connectivity index (χ0v) is 16.9. The summed E-state index contributed by atoms with van der Waals surface area (Å²) in [6, 6.07) is 13.0. The highest BCUT2D eigenvalue weighted by Gasteiger charge is 2.26.